The molecule has 1 aromatic carbocycles. The van der Waals surface area contributed by atoms with Gasteiger partial charge in [0.25, 0.3) is 0 Å². The summed E-state index contributed by atoms with van der Waals surface area (Å²) >= 11 is 2.11. The van der Waals surface area contributed by atoms with Crippen LogP contribution in [0.25, 0.3) is 0 Å². The molecule has 0 amide bonds. The molecule has 2 atom stereocenters. The maximum absolute atomic E-state index is 12.9. The first-order valence-corrected chi connectivity index (χ1v) is 5.87. The zero-order chi connectivity index (χ0) is 11.4. The third-order valence-electron chi connectivity index (χ3n) is 2.39. The lowest BCUT2D eigenvalue weighted by Gasteiger charge is -2.21. The number of hydrogen-bond donors (Lipinski definition) is 1. The minimum Gasteiger partial charge on any atom is -0.380 e. The van der Waals surface area contributed by atoms with Crippen LogP contribution in [0, 0.1) is 9.39 Å². The molecule has 0 radical (unpaired) electrons. The van der Waals surface area contributed by atoms with Crippen molar-refractivity contribution in [1.29, 1.82) is 0 Å². The smallest absolute Gasteiger partial charge is 0.124 e. The molecular formula is C11H15FINO. The third kappa shape index (κ3) is 3.61. The summed E-state index contributed by atoms with van der Waals surface area (Å²) in [5.41, 5.74) is 0.938. The lowest BCUT2D eigenvalue weighted by atomic mass is 10.2. The molecule has 84 valence electrons. The van der Waals surface area contributed by atoms with Gasteiger partial charge in [-0.2, -0.15) is 0 Å². The van der Waals surface area contributed by atoms with Gasteiger partial charge in [-0.15, -0.1) is 0 Å². The Kier molecular flexibility index (Phi) is 4.79. The summed E-state index contributed by atoms with van der Waals surface area (Å²) in [5, 5.41) is 3.29. The molecule has 2 unspecified atom stereocenters. The van der Waals surface area contributed by atoms with Crippen LogP contribution in [0.4, 0.5) is 10.1 Å². The first-order valence-electron chi connectivity index (χ1n) is 4.79. The summed E-state index contributed by atoms with van der Waals surface area (Å²) in [7, 11) is 1.68. The van der Waals surface area contributed by atoms with Crippen molar-refractivity contribution >= 4 is 28.3 Å². The number of benzene rings is 1. The fourth-order valence-electron chi connectivity index (χ4n) is 1.17. The molecule has 0 aromatic heterocycles. The quantitative estimate of drug-likeness (QED) is 0.859. The molecule has 1 aromatic rings. The van der Waals surface area contributed by atoms with E-state index in [1.807, 2.05) is 13.8 Å². The van der Waals surface area contributed by atoms with E-state index in [2.05, 4.69) is 27.9 Å². The van der Waals surface area contributed by atoms with E-state index >= 15 is 0 Å². The Morgan fingerprint density at radius 2 is 2.07 bits per heavy atom. The monoisotopic (exact) mass is 323 g/mol. The van der Waals surface area contributed by atoms with Crippen LogP contribution in [0.5, 0.6) is 0 Å². The van der Waals surface area contributed by atoms with Gasteiger partial charge in [0.05, 0.1) is 6.10 Å². The number of nitrogens with one attached hydrogen (secondary N) is 1. The third-order valence-corrected chi connectivity index (χ3v) is 3.28. The Balaban J connectivity index is 2.72. The van der Waals surface area contributed by atoms with E-state index in [1.54, 1.807) is 13.2 Å². The van der Waals surface area contributed by atoms with Crippen LogP contribution in [-0.4, -0.2) is 19.3 Å². The maximum Gasteiger partial charge on any atom is 0.124 e. The summed E-state index contributed by atoms with van der Waals surface area (Å²) in [4.78, 5) is 0. The van der Waals surface area contributed by atoms with Gasteiger partial charge >= 0.3 is 0 Å². The molecule has 0 aliphatic rings. The Bertz CT molecular complexity index is 332. The lowest BCUT2D eigenvalue weighted by molar-refractivity contribution is 0.106. The van der Waals surface area contributed by atoms with Crippen LogP contribution < -0.4 is 5.32 Å². The SMILES string of the molecule is COC(C)C(C)Nc1ccc(F)cc1I. The predicted molar refractivity (Wildman–Crippen MR) is 68.7 cm³/mol. The van der Waals surface area contributed by atoms with Crippen LogP contribution >= 0.6 is 22.6 Å². The molecule has 0 saturated carbocycles. The average molecular weight is 323 g/mol. The highest BCUT2D eigenvalue weighted by Crippen LogP contribution is 2.20. The van der Waals surface area contributed by atoms with E-state index in [1.165, 1.54) is 12.1 Å². The van der Waals surface area contributed by atoms with Crippen LogP contribution in [-0.2, 0) is 4.74 Å². The molecule has 1 rings (SSSR count). The van der Waals surface area contributed by atoms with Gasteiger partial charge in [-0.3, -0.25) is 0 Å². The molecule has 0 saturated heterocycles. The highest BCUT2D eigenvalue weighted by molar-refractivity contribution is 14.1. The molecule has 15 heavy (non-hydrogen) atoms. The molecule has 0 aliphatic heterocycles. The van der Waals surface area contributed by atoms with Crippen molar-refractivity contribution in [2.45, 2.75) is 26.0 Å². The molecule has 1 N–H and O–H groups in total. The van der Waals surface area contributed by atoms with E-state index in [9.17, 15) is 4.39 Å². The van der Waals surface area contributed by atoms with Gasteiger partial charge in [0, 0.05) is 22.4 Å². The van der Waals surface area contributed by atoms with Crippen LogP contribution in [0.15, 0.2) is 18.2 Å². The standard InChI is InChI=1S/C11H15FINO/c1-7(8(2)15-3)14-11-5-4-9(12)6-10(11)13/h4-8,14H,1-3H3. The van der Waals surface area contributed by atoms with Crippen molar-refractivity contribution in [3.63, 3.8) is 0 Å². The fourth-order valence-corrected chi connectivity index (χ4v) is 1.81. The van der Waals surface area contributed by atoms with Crippen molar-refractivity contribution in [1.82, 2.24) is 0 Å². The fraction of sp³-hybridized carbons (Fsp3) is 0.455. The summed E-state index contributed by atoms with van der Waals surface area (Å²) in [6, 6.07) is 4.89. The van der Waals surface area contributed by atoms with Crippen LogP contribution in [0.1, 0.15) is 13.8 Å². The van der Waals surface area contributed by atoms with E-state index < -0.39 is 0 Å². The molecular weight excluding hydrogens is 308 g/mol. The van der Waals surface area contributed by atoms with E-state index in [0.717, 1.165) is 9.26 Å². The number of ether oxygens (including phenoxy) is 1. The minimum absolute atomic E-state index is 0.117. The largest absolute Gasteiger partial charge is 0.380 e. The van der Waals surface area contributed by atoms with Crippen molar-refractivity contribution in [2.24, 2.45) is 0 Å². The first kappa shape index (κ1) is 12.7. The van der Waals surface area contributed by atoms with Gasteiger partial charge < -0.3 is 10.1 Å². The summed E-state index contributed by atoms with van der Waals surface area (Å²) < 4.78 is 18.9. The van der Waals surface area contributed by atoms with Gasteiger partial charge in [-0.25, -0.2) is 4.39 Å². The molecule has 2 nitrogen and oxygen atoms in total. The summed E-state index contributed by atoms with van der Waals surface area (Å²) in [6.07, 6.45) is 0.117. The zero-order valence-electron chi connectivity index (χ0n) is 9.05. The van der Waals surface area contributed by atoms with Crippen molar-refractivity contribution < 1.29 is 9.13 Å². The second-order valence-electron chi connectivity index (χ2n) is 3.50. The Hall–Kier alpha value is -0.360. The average Bonchev–Trinajstić information content (AvgIpc) is 2.20. The van der Waals surface area contributed by atoms with Gasteiger partial charge in [-0.05, 0) is 54.6 Å². The Morgan fingerprint density at radius 1 is 1.40 bits per heavy atom. The van der Waals surface area contributed by atoms with Crippen LogP contribution in [0.3, 0.4) is 0 Å². The van der Waals surface area contributed by atoms with E-state index in [4.69, 9.17) is 4.74 Å². The first-order chi connectivity index (χ1) is 7.04. The maximum atomic E-state index is 12.9. The summed E-state index contributed by atoms with van der Waals surface area (Å²) in [5.74, 6) is -0.211. The number of rotatable bonds is 4. The van der Waals surface area contributed by atoms with E-state index in [-0.39, 0.29) is 18.0 Å². The molecule has 0 spiro atoms. The van der Waals surface area contributed by atoms with Gasteiger partial charge in [0.2, 0.25) is 0 Å². The number of halogens is 2. The highest BCUT2D eigenvalue weighted by Gasteiger charge is 2.12. The second-order valence-corrected chi connectivity index (χ2v) is 4.66. The van der Waals surface area contributed by atoms with E-state index in [0.29, 0.717) is 0 Å². The van der Waals surface area contributed by atoms with Crippen molar-refractivity contribution in [3.05, 3.63) is 27.6 Å². The predicted octanol–water partition coefficient (Wildman–Crippen LogP) is 3.27. The topological polar surface area (TPSA) is 21.3 Å². The molecule has 0 fully saturated rings. The van der Waals surface area contributed by atoms with Crippen molar-refractivity contribution in [2.75, 3.05) is 12.4 Å². The lowest BCUT2D eigenvalue weighted by Crippen LogP contribution is -2.29. The second kappa shape index (κ2) is 5.65. The van der Waals surface area contributed by atoms with Gasteiger partial charge in [-0.1, -0.05) is 0 Å². The molecule has 4 heteroatoms. The van der Waals surface area contributed by atoms with Gasteiger partial charge in [0.15, 0.2) is 0 Å². The molecule has 0 aliphatic carbocycles. The van der Waals surface area contributed by atoms with Crippen LogP contribution in [0.2, 0.25) is 0 Å². The molecule has 0 bridgehead atoms. The van der Waals surface area contributed by atoms with Crippen molar-refractivity contribution in [3.8, 4) is 0 Å². The number of methoxy groups -OCH3 is 1. The highest BCUT2D eigenvalue weighted by atomic mass is 127. The summed E-state index contributed by atoms with van der Waals surface area (Å²) in [6.45, 7) is 4.03. The number of anilines is 1. The molecule has 0 heterocycles. The Morgan fingerprint density at radius 3 is 2.60 bits per heavy atom. The van der Waals surface area contributed by atoms with Gasteiger partial charge in [0.1, 0.15) is 5.82 Å². The zero-order valence-corrected chi connectivity index (χ0v) is 11.2. The normalized spacial score (nSPS) is 14.7. The Labute approximate surface area is 103 Å². The number of hydrogen-bond acceptors (Lipinski definition) is 2. The minimum atomic E-state index is -0.211.